The second-order valence-corrected chi connectivity index (χ2v) is 5.39. The van der Waals surface area contributed by atoms with Crippen molar-refractivity contribution in [1.82, 2.24) is 15.3 Å². The van der Waals surface area contributed by atoms with Crippen molar-refractivity contribution >= 4 is 17.7 Å². The Kier molecular flexibility index (Phi) is 5.40. The van der Waals surface area contributed by atoms with Crippen LogP contribution in [-0.2, 0) is 15.7 Å². The minimum atomic E-state index is -4.51. The standard InChI is InChI=1S/C12H14F3N3O2S/c13-12(14,15)9-3-4-16-11(18-9)21-7-10(19)17-6-8-2-1-5-20-8/h3-4,8H,1-2,5-7H2,(H,17,19). The molecule has 1 saturated heterocycles. The molecule has 116 valence electrons. The number of hydrogen-bond donors (Lipinski definition) is 1. The Bertz CT molecular complexity index is 493. The summed E-state index contributed by atoms with van der Waals surface area (Å²) in [5.74, 6) is -0.315. The molecule has 1 aliphatic rings. The number of rotatable bonds is 5. The van der Waals surface area contributed by atoms with Crippen LogP contribution in [0.2, 0.25) is 0 Å². The minimum Gasteiger partial charge on any atom is -0.376 e. The lowest BCUT2D eigenvalue weighted by Crippen LogP contribution is -2.32. The van der Waals surface area contributed by atoms with Crippen LogP contribution in [0.25, 0.3) is 0 Å². The zero-order valence-electron chi connectivity index (χ0n) is 11.0. The Morgan fingerprint density at radius 3 is 3.00 bits per heavy atom. The molecule has 1 aliphatic heterocycles. The predicted molar refractivity (Wildman–Crippen MR) is 69.7 cm³/mol. The molecule has 21 heavy (non-hydrogen) atoms. The van der Waals surface area contributed by atoms with Gasteiger partial charge in [-0.15, -0.1) is 0 Å². The van der Waals surface area contributed by atoms with Gasteiger partial charge in [-0.1, -0.05) is 11.8 Å². The van der Waals surface area contributed by atoms with Crippen molar-refractivity contribution in [2.45, 2.75) is 30.3 Å². The molecule has 1 atom stereocenters. The lowest BCUT2D eigenvalue weighted by molar-refractivity contribution is -0.141. The highest BCUT2D eigenvalue weighted by atomic mass is 32.2. The molecule has 1 unspecified atom stereocenters. The second kappa shape index (κ2) is 7.08. The van der Waals surface area contributed by atoms with Crippen LogP contribution in [0.1, 0.15) is 18.5 Å². The largest absolute Gasteiger partial charge is 0.433 e. The van der Waals surface area contributed by atoms with Crippen molar-refractivity contribution in [3.63, 3.8) is 0 Å². The van der Waals surface area contributed by atoms with Crippen LogP contribution in [0, 0.1) is 0 Å². The summed E-state index contributed by atoms with van der Waals surface area (Å²) in [5, 5.41) is 2.61. The fourth-order valence-corrected chi connectivity index (χ4v) is 2.44. The molecule has 1 fully saturated rings. The van der Waals surface area contributed by atoms with Gasteiger partial charge in [0, 0.05) is 19.3 Å². The Morgan fingerprint density at radius 1 is 1.52 bits per heavy atom. The third kappa shape index (κ3) is 5.16. The van der Waals surface area contributed by atoms with Crippen molar-refractivity contribution < 1.29 is 22.7 Å². The number of halogens is 3. The zero-order chi connectivity index (χ0) is 15.3. The molecule has 0 aromatic carbocycles. The van der Waals surface area contributed by atoms with E-state index < -0.39 is 11.9 Å². The van der Waals surface area contributed by atoms with E-state index >= 15 is 0 Å². The fourth-order valence-electron chi connectivity index (χ4n) is 1.78. The van der Waals surface area contributed by atoms with Gasteiger partial charge in [-0.2, -0.15) is 13.2 Å². The molecule has 1 aromatic rings. The Balaban J connectivity index is 1.78. The second-order valence-electron chi connectivity index (χ2n) is 4.45. The molecule has 0 aliphatic carbocycles. The molecule has 0 spiro atoms. The Labute approximate surface area is 123 Å². The van der Waals surface area contributed by atoms with Gasteiger partial charge in [-0.3, -0.25) is 4.79 Å². The van der Waals surface area contributed by atoms with Gasteiger partial charge in [0.1, 0.15) is 5.69 Å². The molecule has 5 nitrogen and oxygen atoms in total. The number of nitrogens with zero attached hydrogens (tertiary/aromatic N) is 2. The topological polar surface area (TPSA) is 64.1 Å². The van der Waals surface area contributed by atoms with Crippen LogP contribution >= 0.6 is 11.8 Å². The normalized spacial score (nSPS) is 18.7. The molecule has 2 heterocycles. The maximum Gasteiger partial charge on any atom is 0.433 e. The van der Waals surface area contributed by atoms with Crippen molar-refractivity contribution in [3.05, 3.63) is 18.0 Å². The van der Waals surface area contributed by atoms with Crippen LogP contribution in [0.3, 0.4) is 0 Å². The summed E-state index contributed by atoms with van der Waals surface area (Å²) in [4.78, 5) is 18.7. The van der Waals surface area contributed by atoms with Gasteiger partial charge in [0.25, 0.3) is 0 Å². The minimum absolute atomic E-state index is 0.0313. The summed E-state index contributed by atoms with van der Waals surface area (Å²) < 4.78 is 42.8. The molecule has 2 rings (SSSR count). The summed E-state index contributed by atoms with van der Waals surface area (Å²) in [7, 11) is 0. The highest BCUT2D eigenvalue weighted by molar-refractivity contribution is 7.99. The fraction of sp³-hybridized carbons (Fsp3) is 0.583. The van der Waals surface area contributed by atoms with Crippen molar-refractivity contribution in [2.24, 2.45) is 0 Å². The number of carbonyl (C=O) groups is 1. The molecular weight excluding hydrogens is 307 g/mol. The van der Waals surface area contributed by atoms with Gasteiger partial charge < -0.3 is 10.1 Å². The number of alkyl halides is 3. The number of amides is 1. The van der Waals surface area contributed by atoms with Crippen LogP contribution in [0.4, 0.5) is 13.2 Å². The lowest BCUT2D eigenvalue weighted by atomic mass is 10.2. The molecule has 1 aromatic heterocycles. The predicted octanol–water partition coefficient (Wildman–Crippen LogP) is 1.88. The average Bonchev–Trinajstić information content (AvgIpc) is 2.95. The maximum absolute atomic E-state index is 12.5. The van der Waals surface area contributed by atoms with Crippen LogP contribution in [0.5, 0.6) is 0 Å². The first-order valence-electron chi connectivity index (χ1n) is 6.36. The van der Waals surface area contributed by atoms with Gasteiger partial charge in [0.15, 0.2) is 5.16 Å². The quantitative estimate of drug-likeness (QED) is 0.663. The SMILES string of the molecule is O=C(CSc1nccc(C(F)(F)F)n1)NCC1CCCO1. The highest BCUT2D eigenvalue weighted by Gasteiger charge is 2.32. The third-order valence-corrected chi connectivity index (χ3v) is 3.67. The first kappa shape index (κ1) is 16.0. The van der Waals surface area contributed by atoms with E-state index in [1.165, 1.54) is 0 Å². The van der Waals surface area contributed by atoms with Crippen molar-refractivity contribution in [1.29, 1.82) is 0 Å². The van der Waals surface area contributed by atoms with Crippen molar-refractivity contribution in [3.8, 4) is 0 Å². The van der Waals surface area contributed by atoms with E-state index in [4.69, 9.17) is 4.74 Å². The smallest absolute Gasteiger partial charge is 0.376 e. The third-order valence-electron chi connectivity index (χ3n) is 2.81. The Morgan fingerprint density at radius 2 is 2.33 bits per heavy atom. The summed E-state index contributed by atoms with van der Waals surface area (Å²) in [6, 6.07) is 0.793. The molecule has 1 amide bonds. The lowest BCUT2D eigenvalue weighted by Gasteiger charge is -2.10. The molecule has 0 bridgehead atoms. The summed E-state index contributed by atoms with van der Waals surface area (Å²) in [6.45, 7) is 1.12. The maximum atomic E-state index is 12.5. The van der Waals surface area contributed by atoms with E-state index in [-0.39, 0.29) is 22.9 Å². The van der Waals surface area contributed by atoms with Gasteiger partial charge in [-0.25, -0.2) is 9.97 Å². The van der Waals surface area contributed by atoms with Gasteiger partial charge >= 0.3 is 6.18 Å². The molecule has 0 saturated carbocycles. The number of aromatic nitrogens is 2. The van der Waals surface area contributed by atoms with Crippen molar-refractivity contribution in [2.75, 3.05) is 18.9 Å². The first-order valence-corrected chi connectivity index (χ1v) is 7.35. The number of hydrogen-bond acceptors (Lipinski definition) is 5. The van der Waals surface area contributed by atoms with E-state index in [9.17, 15) is 18.0 Å². The molecule has 1 N–H and O–H groups in total. The van der Waals surface area contributed by atoms with E-state index in [2.05, 4.69) is 15.3 Å². The molecular formula is C12H14F3N3O2S. The highest BCUT2D eigenvalue weighted by Crippen LogP contribution is 2.28. The summed E-state index contributed by atoms with van der Waals surface area (Å²) in [5.41, 5.74) is -1.01. The first-order chi connectivity index (χ1) is 9.95. The molecule has 0 radical (unpaired) electrons. The number of carbonyl (C=O) groups excluding carboxylic acids is 1. The molecule has 9 heteroatoms. The van der Waals surface area contributed by atoms with Crippen LogP contribution < -0.4 is 5.32 Å². The number of ether oxygens (including phenoxy) is 1. The average molecular weight is 321 g/mol. The van der Waals surface area contributed by atoms with E-state index in [0.717, 1.165) is 36.9 Å². The van der Waals surface area contributed by atoms with Gasteiger partial charge in [-0.05, 0) is 18.9 Å². The number of nitrogens with one attached hydrogen (secondary N) is 1. The van der Waals surface area contributed by atoms with Gasteiger partial charge in [0.2, 0.25) is 5.91 Å². The van der Waals surface area contributed by atoms with E-state index in [1.54, 1.807) is 0 Å². The van der Waals surface area contributed by atoms with E-state index in [0.29, 0.717) is 13.2 Å². The monoisotopic (exact) mass is 321 g/mol. The van der Waals surface area contributed by atoms with Crippen LogP contribution in [-0.4, -0.2) is 40.9 Å². The zero-order valence-corrected chi connectivity index (χ0v) is 11.8. The number of thioether (sulfide) groups is 1. The summed E-state index contributed by atoms with van der Waals surface area (Å²) in [6.07, 6.45) is -1.57. The van der Waals surface area contributed by atoms with Gasteiger partial charge in [0.05, 0.1) is 11.9 Å². The van der Waals surface area contributed by atoms with E-state index in [1.807, 2.05) is 0 Å². The summed E-state index contributed by atoms with van der Waals surface area (Å²) >= 11 is 0.866. The Hall–Kier alpha value is -1.35. The van der Waals surface area contributed by atoms with Crippen LogP contribution in [0.15, 0.2) is 17.4 Å².